The second-order valence-corrected chi connectivity index (χ2v) is 6.13. The molecule has 1 aliphatic rings. The Labute approximate surface area is 138 Å². The Hall–Kier alpha value is -2.17. The SMILES string of the molecule is CCc1cc(NCc2ccc(C)nc2N2CCCC2)nc(C)n1. The minimum Gasteiger partial charge on any atom is -0.366 e. The van der Waals surface area contributed by atoms with E-state index < -0.39 is 0 Å². The van der Waals surface area contributed by atoms with Gasteiger partial charge in [-0.2, -0.15) is 0 Å². The number of hydrogen-bond donors (Lipinski definition) is 1. The topological polar surface area (TPSA) is 53.9 Å². The summed E-state index contributed by atoms with van der Waals surface area (Å²) in [5.74, 6) is 2.83. The van der Waals surface area contributed by atoms with Crippen molar-refractivity contribution in [3.63, 3.8) is 0 Å². The molecule has 0 spiro atoms. The Morgan fingerprint density at radius 2 is 1.87 bits per heavy atom. The smallest absolute Gasteiger partial charge is 0.133 e. The van der Waals surface area contributed by atoms with Crippen LogP contribution in [-0.2, 0) is 13.0 Å². The molecule has 0 unspecified atom stereocenters. The maximum Gasteiger partial charge on any atom is 0.133 e. The van der Waals surface area contributed by atoms with Crippen molar-refractivity contribution in [1.29, 1.82) is 0 Å². The summed E-state index contributed by atoms with van der Waals surface area (Å²) in [6.45, 7) is 9.05. The molecule has 0 radical (unpaired) electrons. The quantitative estimate of drug-likeness (QED) is 0.918. The van der Waals surface area contributed by atoms with Crippen molar-refractivity contribution in [3.05, 3.63) is 41.0 Å². The second kappa shape index (κ2) is 6.94. The molecular formula is C18H25N5. The number of pyridine rings is 1. The molecule has 1 fully saturated rings. The molecule has 0 aliphatic carbocycles. The van der Waals surface area contributed by atoms with Crippen molar-refractivity contribution in [2.45, 2.75) is 46.6 Å². The van der Waals surface area contributed by atoms with Crippen LogP contribution in [0.15, 0.2) is 18.2 Å². The molecule has 3 rings (SSSR count). The molecule has 122 valence electrons. The minimum atomic E-state index is 0.735. The van der Waals surface area contributed by atoms with E-state index in [-0.39, 0.29) is 0 Å². The molecule has 0 saturated carbocycles. The number of aryl methyl sites for hydroxylation is 3. The standard InChI is InChI=1S/C18H25N5/c1-4-16-11-17(22-14(3)21-16)19-12-15-8-7-13(2)20-18(15)23-9-5-6-10-23/h7-8,11H,4-6,9-10,12H2,1-3H3,(H,19,21,22). The van der Waals surface area contributed by atoms with Gasteiger partial charge in [0.25, 0.3) is 0 Å². The van der Waals surface area contributed by atoms with Crippen LogP contribution in [0.4, 0.5) is 11.6 Å². The van der Waals surface area contributed by atoms with Crippen LogP contribution in [0.3, 0.4) is 0 Å². The molecule has 1 saturated heterocycles. The van der Waals surface area contributed by atoms with Crippen LogP contribution < -0.4 is 10.2 Å². The van der Waals surface area contributed by atoms with Gasteiger partial charge in [0.05, 0.1) is 0 Å². The highest BCUT2D eigenvalue weighted by Crippen LogP contribution is 2.23. The Kier molecular flexibility index (Phi) is 4.74. The zero-order chi connectivity index (χ0) is 16.2. The normalized spacial score (nSPS) is 14.3. The van der Waals surface area contributed by atoms with Crippen LogP contribution in [-0.4, -0.2) is 28.0 Å². The van der Waals surface area contributed by atoms with Crippen molar-refractivity contribution >= 4 is 11.6 Å². The van der Waals surface area contributed by atoms with Crippen molar-refractivity contribution in [2.24, 2.45) is 0 Å². The molecule has 2 aromatic rings. The van der Waals surface area contributed by atoms with Gasteiger partial charge in [-0.05, 0) is 39.2 Å². The fourth-order valence-electron chi connectivity index (χ4n) is 3.00. The molecule has 0 bridgehead atoms. The molecular weight excluding hydrogens is 286 g/mol. The van der Waals surface area contributed by atoms with Gasteiger partial charge in [0.2, 0.25) is 0 Å². The molecule has 1 N–H and O–H groups in total. The highest BCUT2D eigenvalue weighted by molar-refractivity contribution is 5.50. The summed E-state index contributed by atoms with van der Waals surface area (Å²) in [4.78, 5) is 16.1. The summed E-state index contributed by atoms with van der Waals surface area (Å²) in [6.07, 6.45) is 3.43. The summed E-state index contributed by atoms with van der Waals surface area (Å²) < 4.78 is 0. The van der Waals surface area contributed by atoms with E-state index in [0.29, 0.717) is 0 Å². The van der Waals surface area contributed by atoms with E-state index in [9.17, 15) is 0 Å². The Morgan fingerprint density at radius 3 is 2.61 bits per heavy atom. The van der Waals surface area contributed by atoms with Crippen LogP contribution in [0.25, 0.3) is 0 Å². The van der Waals surface area contributed by atoms with Gasteiger partial charge in [0.1, 0.15) is 17.5 Å². The predicted molar refractivity (Wildman–Crippen MR) is 93.9 cm³/mol. The number of aromatic nitrogens is 3. The molecule has 1 aliphatic heterocycles. The molecule has 5 heteroatoms. The number of hydrogen-bond acceptors (Lipinski definition) is 5. The Morgan fingerprint density at radius 1 is 1.09 bits per heavy atom. The average Bonchev–Trinajstić information content (AvgIpc) is 3.07. The maximum atomic E-state index is 4.77. The lowest BCUT2D eigenvalue weighted by Gasteiger charge is -2.21. The summed E-state index contributed by atoms with van der Waals surface area (Å²) >= 11 is 0. The summed E-state index contributed by atoms with van der Waals surface area (Å²) in [5, 5.41) is 3.44. The first kappa shape index (κ1) is 15.7. The molecule has 5 nitrogen and oxygen atoms in total. The van der Waals surface area contributed by atoms with Crippen LogP contribution in [0, 0.1) is 13.8 Å². The fourth-order valence-corrected chi connectivity index (χ4v) is 3.00. The van der Waals surface area contributed by atoms with Gasteiger partial charge >= 0.3 is 0 Å². The van der Waals surface area contributed by atoms with E-state index in [1.54, 1.807) is 0 Å². The number of anilines is 2. The third-order valence-corrected chi connectivity index (χ3v) is 4.21. The summed E-state index contributed by atoms with van der Waals surface area (Å²) in [5.41, 5.74) is 3.37. The molecule has 0 amide bonds. The number of nitrogens with zero attached hydrogens (tertiary/aromatic N) is 4. The van der Waals surface area contributed by atoms with E-state index in [0.717, 1.165) is 54.9 Å². The van der Waals surface area contributed by atoms with Crippen molar-refractivity contribution < 1.29 is 0 Å². The summed E-state index contributed by atoms with van der Waals surface area (Å²) in [7, 11) is 0. The third kappa shape index (κ3) is 3.78. The van der Waals surface area contributed by atoms with E-state index in [1.807, 2.05) is 13.0 Å². The van der Waals surface area contributed by atoms with Gasteiger partial charge in [-0.3, -0.25) is 0 Å². The van der Waals surface area contributed by atoms with E-state index in [2.05, 4.69) is 46.2 Å². The van der Waals surface area contributed by atoms with Crippen molar-refractivity contribution in [2.75, 3.05) is 23.3 Å². The van der Waals surface area contributed by atoms with Gasteiger partial charge < -0.3 is 10.2 Å². The minimum absolute atomic E-state index is 0.735. The summed E-state index contributed by atoms with van der Waals surface area (Å²) in [6, 6.07) is 6.29. The van der Waals surface area contributed by atoms with Gasteiger partial charge in [0.15, 0.2) is 0 Å². The van der Waals surface area contributed by atoms with E-state index in [1.165, 1.54) is 18.4 Å². The molecule has 2 aromatic heterocycles. The highest BCUT2D eigenvalue weighted by atomic mass is 15.2. The number of nitrogens with one attached hydrogen (secondary N) is 1. The van der Waals surface area contributed by atoms with E-state index in [4.69, 9.17) is 4.98 Å². The molecule has 23 heavy (non-hydrogen) atoms. The molecule has 0 atom stereocenters. The Balaban J connectivity index is 1.79. The van der Waals surface area contributed by atoms with Gasteiger partial charge in [-0.1, -0.05) is 13.0 Å². The van der Waals surface area contributed by atoms with Crippen LogP contribution >= 0.6 is 0 Å². The maximum absolute atomic E-state index is 4.77. The second-order valence-electron chi connectivity index (χ2n) is 6.13. The lowest BCUT2D eigenvalue weighted by molar-refractivity contribution is 0.901. The zero-order valence-corrected chi connectivity index (χ0v) is 14.3. The van der Waals surface area contributed by atoms with Crippen LogP contribution in [0.5, 0.6) is 0 Å². The zero-order valence-electron chi connectivity index (χ0n) is 14.3. The van der Waals surface area contributed by atoms with Crippen LogP contribution in [0.2, 0.25) is 0 Å². The first-order valence-corrected chi connectivity index (χ1v) is 8.45. The fraction of sp³-hybridized carbons (Fsp3) is 0.500. The third-order valence-electron chi connectivity index (χ3n) is 4.21. The first-order chi connectivity index (χ1) is 11.2. The molecule has 3 heterocycles. The van der Waals surface area contributed by atoms with E-state index >= 15 is 0 Å². The Bertz CT molecular complexity index is 677. The monoisotopic (exact) mass is 311 g/mol. The number of rotatable bonds is 5. The van der Waals surface area contributed by atoms with Gasteiger partial charge in [-0.15, -0.1) is 0 Å². The first-order valence-electron chi connectivity index (χ1n) is 8.45. The highest BCUT2D eigenvalue weighted by Gasteiger charge is 2.17. The lowest BCUT2D eigenvalue weighted by Crippen LogP contribution is -2.22. The largest absolute Gasteiger partial charge is 0.366 e. The van der Waals surface area contributed by atoms with Gasteiger partial charge in [0, 0.05) is 42.7 Å². The van der Waals surface area contributed by atoms with Gasteiger partial charge in [-0.25, -0.2) is 15.0 Å². The molecule has 0 aromatic carbocycles. The lowest BCUT2D eigenvalue weighted by atomic mass is 10.2. The van der Waals surface area contributed by atoms with Crippen molar-refractivity contribution in [1.82, 2.24) is 15.0 Å². The van der Waals surface area contributed by atoms with Crippen LogP contribution in [0.1, 0.15) is 42.5 Å². The average molecular weight is 311 g/mol. The van der Waals surface area contributed by atoms with Crippen molar-refractivity contribution in [3.8, 4) is 0 Å². The predicted octanol–water partition coefficient (Wildman–Crippen LogP) is 3.26.